The predicted octanol–water partition coefficient (Wildman–Crippen LogP) is 1.56. The van der Waals surface area contributed by atoms with Gasteiger partial charge in [0.2, 0.25) is 11.8 Å². The van der Waals surface area contributed by atoms with E-state index >= 15 is 0 Å². The van der Waals surface area contributed by atoms with Crippen LogP contribution >= 0.6 is 24.0 Å². The summed E-state index contributed by atoms with van der Waals surface area (Å²) in [7, 11) is 0. The Labute approximate surface area is 123 Å². The lowest BCUT2D eigenvalue weighted by Crippen LogP contribution is -2.32. The number of anilines is 1. The van der Waals surface area contributed by atoms with Gasteiger partial charge in [0, 0.05) is 17.1 Å². The number of nitrogens with one attached hydrogen (secondary N) is 2. The minimum absolute atomic E-state index is 0. The number of halogens is 2. The maximum atomic E-state index is 11.5. The number of rotatable bonds is 6. The highest BCUT2D eigenvalue weighted by molar-refractivity contribution is 6.30. The van der Waals surface area contributed by atoms with Crippen LogP contribution in [-0.2, 0) is 9.59 Å². The zero-order valence-electron chi connectivity index (χ0n) is 10.3. The van der Waals surface area contributed by atoms with Gasteiger partial charge in [0.1, 0.15) is 0 Å². The molecule has 0 radical (unpaired) electrons. The molecule has 0 spiro atoms. The van der Waals surface area contributed by atoms with Gasteiger partial charge >= 0.3 is 0 Å². The molecule has 0 aliphatic heterocycles. The lowest BCUT2D eigenvalue weighted by molar-refractivity contribution is -0.124. The molecule has 4 N–H and O–H groups in total. The van der Waals surface area contributed by atoms with Crippen LogP contribution in [0.4, 0.5) is 5.69 Å². The second-order valence-corrected chi connectivity index (χ2v) is 4.16. The third-order valence-electron chi connectivity index (χ3n) is 2.18. The Morgan fingerprint density at radius 2 is 1.79 bits per heavy atom. The van der Waals surface area contributed by atoms with Crippen LogP contribution in [-0.4, -0.2) is 24.9 Å². The van der Waals surface area contributed by atoms with Crippen molar-refractivity contribution < 1.29 is 9.59 Å². The van der Waals surface area contributed by atoms with E-state index in [1.165, 1.54) is 0 Å². The van der Waals surface area contributed by atoms with E-state index in [1.54, 1.807) is 24.3 Å². The Balaban J connectivity index is 0.00000324. The van der Waals surface area contributed by atoms with Crippen LogP contribution in [0, 0.1) is 0 Å². The van der Waals surface area contributed by atoms with Crippen LogP contribution in [0.1, 0.15) is 12.8 Å². The first kappa shape index (κ1) is 17.7. The van der Waals surface area contributed by atoms with Gasteiger partial charge in [-0.15, -0.1) is 12.4 Å². The van der Waals surface area contributed by atoms with Gasteiger partial charge in [-0.3, -0.25) is 9.59 Å². The second kappa shape index (κ2) is 9.61. The first-order valence-electron chi connectivity index (χ1n) is 5.64. The SMILES string of the molecule is Cl.NCCCC(=O)NCC(=O)Nc1ccc(Cl)cc1. The summed E-state index contributed by atoms with van der Waals surface area (Å²) in [6, 6.07) is 6.74. The second-order valence-electron chi connectivity index (χ2n) is 3.72. The van der Waals surface area contributed by atoms with Crippen molar-refractivity contribution in [1.29, 1.82) is 0 Å². The first-order valence-corrected chi connectivity index (χ1v) is 6.02. The molecule has 0 aliphatic rings. The molecule has 106 valence electrons. The van der Waals surface area contributed by atoms with Gasteiger partial charge in [-0.05, 0) is 37.2 Å². The highest BCUT2D eigenvalue weighted by Crippen LogP contribution is 2.12. The maximum absolute atomic E-state index is 11.5. The van der Waals surface area contributed by atoms with Crippen LogP contribution < -0.4 is 16.4 Å². The molecular formula is C12H17Cl2N3O2. The molecule has 0 saturated carbocycles. The van der Waals surface area contributed by atoms with Crippen molar-refractivity contribution in [2.75, 3.05) is 18.4 Å². The van der Waals surface area contributed by atoms with E-state index in [0.717, 1.165) is 0 Å². The number of amides is 2. The van der Waals surface area contributed by atoms with E-state index in [0.29, 0.717) is 30.1 Å². The molecule has 19 heavy (non-hydrogen) atoms. The van der Waals surface area contributed by atoms with Crippen LogP contribution in [0.5, 0.6) is 0 Å². The van der Waals surface area contributed by atoms with Crippen molar-refractivity contribution in [3.8, 4) is 0 Å². The smallest absolute Gasteiger partial charge is 0.243 e. The molecule has 0 bridgehead atoms. The zero-order chi connectivity index (χ0) is 13.4. The van der Waals surface area contributed by atoms with Crippen LogP contribution in [0.25, 0.3) is 0 Å². The topological polar surface area (TPSA) is 84.2 Å². The number of carbonyl (C=O) groups is 2. The Morgan fingerprint density at radius 1 is 1.16 bits per heavy atom. The Kier molecular flexibility index (Phi) is 8.95. The summed E-state index contributed by atoms with van der Waals surface area (Å²) < 4.78 is 0. The number of benzene rings is 1. The minimum Gasteiger partial charge on any atom is -0.347 e. The van der Waals surface area contributed by atoms with Gasteiger partial charge in [0.15, 0.2) is 0 Å². The van der Waals surface area contributed by atoms with Gasteiger partial charge in [-0.25, -0.2) is 0 Å². The standard InChI is InChI=1S/C12H16ClN3O2.ClH/c13-9-3-5-10(6-4-9)16-12(18)8-15-11(17)2-1-7-14;/h3-6H,1-2,7-8,14H2,(H,15,17)(H,16,18);1H. The zero-order valence-corrected chi connectivity index (χ0v) is 11.9. The van der Waals surface area contributed by atoms with E-state index in [1.807, 2.05) is 0 Å². The number of hydrogen-bond donors (Lipinski definition) is 3. The summed E-state index contributed by atoms with van der Waals surface area (Å²) in [6.07, 6.45) is 0.954. The molecular weight excluding hydrogens is 289 g/mol. The molecule has 1 aromatic rings. The molecule has 0 atom stereocenters. The number of nitrogens with two attached hydrogens (primary N) is 1. The van der Waals surface area contributed by atoms with Gasteiger partial charge < -0.3 is 16.4 Å². The maximum Gasteiger partial charge on any atom is 0.243 e. The molecule has 0 saturated heterocycles. The summed E-state index contributed by atoms with van der Waals surface area (Å²) in [6.45, 7) is 0.413. The van der Waals surface area contributed by atoms with E-state index in [4.69, 9.17) is 17.3 Å². The van der Waals surface area contributed by atoms with E-state index in [2.05, 4.69) is 10.6 Å². The van der Waals surface area contributed by atoms with E-state index in [9.17, 15) is 9.59 Å². The molecule has 1 aromatic carbocycles. The summed E-state index contributed by atoms with van der Waals surface area (Å²) in [5.41, 5.74) is 5.92. The molecule has 0 fully saturated rings. The van der Waals surface area contributed by atoms with Gasteiger partial charge in [0.05, 0.1) is 6.54 Å². The third kappa shape index (κ3) is 7.66. The fraction of sp³-hybridized carbons (Fsp3) is 0.333. The van der Waals surface area contributed by atoms with Crippen molar-refractivity contribution in [2.45, 2.75) is 12.8 Å². The summed E-state index contributed by atoms with van der Waals surface area (Å²) in [5, 5.41) is 5.76. The minimum atomic E-state index is -0.279. The summed E-state index contributed by atoms with van der Waals surface area (Å²) in [5.74, 6) is -0.454. The average molecular weight is 306 g/mol. The summed E-state index contributed by atoms with van der Waals surface area (Å²) in [4.78, 5) is 22.7. The molecule has 0 unspecified atom stereocenters. The lowest BCUT2D eigenvalue weighted by atomic mass is 10.3. The van der Waals surface area contributed by atoms with Crippen molar-refractivity contribution in [3.05, 3.63) is 29.3 Å². The van der Waals surface area contributed by atoms with Crippen molar-refractivity contribution in [1.82, 2.24) is 5.32 Å². The Hall–Kier alpha value is -1.30. The van der Waals surface area contributed by atoms with Gasteiger partial charge in [0.25, 0.3) is 0 Å². The molecule has 0 aliphatic carbocycles. The van der Waals surface area contributed by atoms with Crippen LogP contribution in [0.2, 0.25) is 5.02 Å². The van der Waals surface area contributed by atoms with Crippen LogP contribution in [0.3, 0.4) is 0 Å². The Bertz CT molecular complexity index is 410. The fourth-order valence-corrected chi connectivity index (χ4v) is 1.39. The predicted molar refractivity (Wildman–Crippen MR) is 78.6 cm³/mol. The monoisotopic (exact) mass is 305 g/mol. The molecule has 2 amide bonds. The molecule has 7 heteroatoms. The average Bonchev–Trinajstić information content (AvgIpc) is 2.36. The van der Waals surface area contributed by atoms with E-state index in [-0.39, 0.29) is 30.8 Å². The molecule has 1 rings (SSSR count). The molecule has 5 nitrogen and oxygen atoms in total. The Morgan fingerprint density at radius 3 is 2.37 bits per heavy atom. The normalized spacial score (nSPS) is 9.37. The number of carbonyl (C=O) groups excluding carboxylic acids is 2. The fourth-order valence-electron chi connectivity index (χ4n) is 1.27. The number of hydrogen-bond acceptors (Lipinski definition) is 3. The quantitative estimate of drug-likeness (QED) is 0.745. The lowest BCUT2D eigenvalue weighted by Gasteiger charge is -2.06. The third-order valence-corrected chi connectivity index (χ3v) is 2.43. The van der Waals surface area contributed by atoms with Crippen molar-refractivity contribution in [3.63, 3.8) is 0 Å². The first-order chi connectivity index (χ1) is 8.61. The molecule has 0 aromatic heterocycles. The summed E-state index contributed by atoms with van der Waals surface area (Å²) >= 11 is 5.72. The molecule has 0 heterocycles. The highest BCUT2D eigenvalue weighted by atomic mass is 35.5. The van der Waals surface area contributed by atoms with E-state index < -0.39 is 0 Å². The van der Waals surface area contributed by atoms with Gasteiger partial charge in [-0.1, -0.05) is 11.6 Å². The van der Waals surface area contributed by atoms with Gasteiger partial charge in [-0.2, -0.15) is 0 Å². The van der Waals surface area contributed by atoms with Crippen molar-refractivity contribution >= 4 is 41.5 Å². The van der Waals surface area contributed by atoms with Crippen molar-refractivity contribution in [2.24, 2.45) is 5.73 Å². The van der Waals surface area contributed by atoms with Crippen LogP contribution in [0.15, 0.2) is 24.3 Å². The largest absolute Gasteiger partial charge is 0.347 e. The highest BCUT2D eigenvalue weighted by Gasteiger charge is 2.05.